The van der Waals surface area contributed by atoms with Gasteiger partial charge in [0.1, 0.15) is 24.0 Å². The molecule has 3 rings (SSSR count). The molecule has 1 unspecified atom stereocenters. The molecule has 0 fully saturated rings. The minimum absolute atomic E-state index is 0.369. The molecule has 0 aliphatic heterocycles. The summed E-state index contributed by atoms with van der Waals surface area (Å²) in [6.45, 7) is 5.50. The SMILES string of the molecule is CCNC(=NCc1nccn1Cc1ccccc1)NC(C)c1ccc(F)cc1F. The van der Waals surface area contributed by atoms with Crippen LogP contribution in [0.1, 0.15) is 36.8 Å². The van der Waals surface area contributed by atoms with Crippen molar-refractivity contribution in [3.63, 3.8) is 0 Å². The number of nitrogens with one attached hydrogen (secondary N) is 2. The van der Waals surface area contributed by atoms with E-state index in [0.29, 0.717) is 31.2 Å². The van der Waals surface area contributed by atoms with E-state index in [2.05, 4.69) is 32.7 Å². The average molecular weight is 397 g/mol. The fraction of sp³-hybridized carbons (Fsp3) is 0.273. The third-order valence-electron chi connectivity index (χ3n) is 4.50. The molecule has 0 amide bonds. The molecule has 152 valence electrons. The second-order valence-corrected chi connectivity index (χ2v) is 6.68. The Balaban J connectivity index is 1.70. The van der Waals surface area contributed by atoms with Crippen molar-refractivity contribution in [1.29, 1.82) is 0 Å². The maximum absolute atomic E-state index is 14.1. The van der Waals surface area contributed by atoms with E-state index in [0.717, 1.165) is 11.9 Å². The van der Waals surface area contributed by atoms with Crippen LogP contribution in [0.4, 0.5) is 8.78 Å². The lowest BCUT2D eigenvalue weighted by Crippen LogP contribution is -2.39. The van der Waals surface area contributed by atoms with Gasteiger partial charge >= 0.3 is 0 Å². The maximum Gasteiger partial charge on any atom is 0.192 e. The smallest absolute Gasteiger partial charge is 0.192 e. The number of halogens is 2. The molecule has 5 nitrogen and oxygen atoms in total. The van der Waals surface area contributed by atoms with Gasteiger partial charge in [-0.15, -0.1) is 0 Å². The first-order valence-electron chi connectivity index (χ1n) is 9.60. The molecule has 0 saturated heterocycles. The van der Waals surface area contributed by atoms with Gasteiger partial charge in [-0.1, -0.05) is 36.4 Å². The third kappa shape index (κ3) is 5.63. The summed E-state index contributed by atoms with van der Waals surface area (Å²) in [5.74, 6) is 0.188. The first-order valence-corrected chi connectivity index (χ1v) is 9.60. The number of hydrogen-bond acceptors (Lipinski definition) is 2. The zero-order valence-electron chi connectivity index (χ0n) is 16.6. The van der Waals surface area contributed by atoms with Crippen LogP contribution in [0.2, 0.25) is 0 Å². The van der Waals surface area contributed by atoms with Gasteiger partial charge in [-0.05, 0) is 25.5 Å². The fourth-order valence-corrected chi connectivity index (χ4v) is 3.02. The lowest BCUT2D eigenvalue weighted by molar-refractivity contribution is 0.550. The van der Waals surface area contributed by atoms with E-state index in [1.54, 1.807) is 13.1 Å². The molecule has 2 N–H and O–H groups in total. The van der Waals surface area contributed by atoms with Gasteiger partial charge in [-0.3, -0.25) is 0 Å². The molecule has 0 bridgehead atoms. The predicted molar refractivity (Wildman–Crippen MR) is 110 cm³/mol. The Bertz CT molecular complexity index is 953. The Kier molecular flexibility index (Phi) is 6.94. The molecule has 0 aliphatic carbocycles. The number of guanidine groups is 1. The van der Waals surface area contributed by atoms with Gasteiger partial charge in [-0.2, -0.15) is 0 Å². The molecule has 2 aromatic carbocycles. The van der Waals surface area contributed by atoms with Gasteiger partial charge in [0, 0.05) is 37.1 Å². The van der Waals surface area contributed by atoms with Crippen molar-refractivity contribution in [1.82, 2.24) is 20.2 Å². The molecular weight excluding hydrogens is 372 g/mol. The van der Waals surface area contributed by atoms with E-state index in [9.17, 15) is 8.78 Å². The van der Waals surface area contributed by atoms with Crippen molar-refractivity contribution in [3.8, 4) is 0 Å². The van der Waals surface area contributed by atoms with Crippen LogP contribution in [-0.4, -0.2) is 22.1 Å². The Labute approximate surface area is 169 Å². The van der Waals surface area contributed by atoms with Crippen LogP contribution >= 0.6 is 0 Å². The fourth-order valence-electron chi connectivity index (χ4n) is 3.02. The summed E-state index contributed by atoms with van der Waals surface area (Å²) in [7, 11) is 0. The summed E-state index contributed by atoms with van der Waals surface area (Å²) < 4.78 is 29.3. The summed E-state index contributed by atoms with van der Waals surface area (Å²) in [4.78, 5) is 8.99. The van der Waals surface area contributed by atoms with Crippen LogP contribution in [0, 0.1) is 11.6 Å². The van der Waals surface area contributed by atoms with E-state index in [1.807, 2.05) is 35.9 Å². The number of benzene rings is 2. The van der Waals surface area contributed by atoms with Gasteiger partial charge in [0.25, 0.3) is 0 Å². The largest absolute Gasteiger partial charge is 0.357 e. The van der Waals surface area contributed by atoms with Crippen molar-refractivity contribution in [3.05, 3.63) is 89.5 Å². The Morgan fingerprint density at radius 1 is 1.17 bits per heavy atom. The van der Waals surface area contributed by atoms with Gasteiger partial charge < -0.3 is 15.2 Å². The van der Waals surface area contributed by atoms with E-state index in [1.165, 1.54) is 17.7 Å². The monoisotopic (exact) mass is 397 g/mol. The molecule has 0 spiro atoms. The summed E-state index contributed by atoms with van der Waals surface area (Å²) in [6.07, 6.45) is 3.68. The first-order chi connectivity index (χ1) is 14.1. The molecule has 1 atom stereocenters. The molecular formula is C22H25F2N5. The van der Waals surface area contributed by atoms with Crippen molar-refractivity contribution >= 4 is 5.96 Å². The second-order valence-electron chi connectivity index (χ2n) is 6.68. The number of rotatable bonds is 7. The van der Waals surface area contributed by atoms with Crippen LogP contribution in [-0.2, 0) is 13.1 Å². The number of imidazole rings is 1. The van der Waals surface area contributed by atoms with Gasteiger partial charge in [-0.25, -0.2) is 18.8 Å². The number of aliphatic imine (C=N–C) groups is 1. The van der Waals surface area contributed by atoms with Crippen LogP contribution < -0.4 is 10.6 Å². The molecule has 0 aliphatic rings. The number of aromatic nitrogens is 2. The van der Waals surface area contributed by atoms with Crippen LogP contribution in [0.25, 0.3) is 0 Å². The lowest BCUT2D eigenvalue weighted by Gasteiger charge is -2.19. The summed E-state index contributed by atoms with van der Waals surface area (Å²) in [5, 5.41) is 6.32. The van der Waals surface area contributed by atoms with Crippen molar-refractivity contribution in [2.24, 2.45) is 4.99 Å². The molecule has 1 heterocycles. The average Bonchev–Trinajstić information content (AvgIpc) is 3.14. The van der Waals surface area contributed by atoms with Crippen LogP contribution in [0.15, 0.2) is 65.9 Å². The van der Waals surface area contributed by atoms with Gasteiger partial charge in [0.05, 0.1) is 6.04 Å². The second kappa shape index (κ2) is 9.82. The molecule has 3 aromatic rings. The minimum atomic E-state index is -0.593. The third-order valence-corrected chi connectivity index (χ3v) is 4.50. The molecule has 0 radical (unpaired) electrons. The number of nitrogens with zero attached hydrogens (tertiary/aromatic N) is 3. The van der Waals surface area contributed by atoms with E-state index in [4.69, 9.17) is 0 Å². The van der Waals surface area contributed by atoms with E-state index in [-0.39, 0.29) is 6.04 Å². The molecule has 1 aromatic heterocycles. The van der Waals surface area contributed by atoms with Crippen molar-refractivity contribution in [2.75, 3.05) is 6.54 Å². The summed E-state index contributed by atoms with van der Waals surface area (Å²) >= 11 is 0. The normalized spacial score (nSPS) is 12.6. The summed E-state index contributed by atoms with van der Waals surface area (Å²) in [6, 6.07) is 13.3. The quantitative estimate of drug-likeness (QED) is 0.468. The highest BCUT2D eigenvalue weighted by atomic mass is 19.1. The zero-order chi connectivity index (χ0) is 20.6. The van der Waals surface area contributed by atoms with Crippen LogP contribution in [0.5, 0.6) is 0 Å². The minimum Gasteiger partial charge on any atom is -0.357 e. The zero-order valence-corrected chi connectivity index (χ0v) is 16.6. The summed E-state index contributed by atoms with van der Waals surface area (Å²) in [5.41, 5.74) is 1.56. The van der Waals surface area contributed by atoms with Crippen molar-refractivity contribution in [2.45, 2.75) is 33.0 Å². The number of hydrogen-bond donors (Lipinski definition) is 2. The van der Waals surface area contributed by atoms with Crippen molar-refractivity contribution < 1.29 is 8.78 Å². The van der Waals surface area contributed by atoms with Crippen LogP contribution in [0.3, 0.4) is 0 Å². The highest BCUT2D eigenvalue weighted by molar-refractivity contribution is 5.80. The predicted octanol–water partition coefficient (Wildman–Crippen LogP) is 4.03. The standard InChI is InChI=1S/C22H25F2N5/c1-3-25-22(28-16(2)19-10-9-18(23)13-20(19)24)27-14-21-26-11-12-29(21)15-17-7-5-4-6-8-17/h4-13,16H,3,14-15H2,1-2H3,(H2,25,27,28). The topological polar surface area (TPSA) is 54.2 Å². The molecule has 7 heteroatoms. The molecule has 0 saturated carbocycles. The van der Waals surface area contributed by atoms with E-state index >= 15 is 0 Å². The Morgan fingerprint density at radius 3 is 2.69 bits per heavy atom. The highest BCUT2D eigenvalue weighted by Gasteiger charge is 2.13. The molecule has 29 heavy (non-hydrogen) atoms. The lowest BCUT2D eigenvalue weighted by atomic mass is 10.1. The first kappa shape index (κ1) is 20.5. The Morgan fingerprint density at radius 2 is 1.97 bits per heavy atom. The van der Waals surface area contributed by atoms with Gasteiger partial charge in [0.2, 0.25) is 0 Å². The highest BCUT2D eigenvalue weighted by Crippen LogP contribution is 2.17. The van der Waals surface area contributed by atoms with E-state index < -0.39 is 11.6 Å². The Hall–Kier alpha value is -3.22. The maximum atomic E-state index is 14.1. The van der Waals surface area contributed by atoms with Gasteiger partial charge in [0.15, 0.2) is 5.96 Å².